The Hall–Kier alpha value is -3.06. The molecule has 0 amide bonds. The van der Waals surface area contributed by atoms with Crippen molar-refractivity contribution < 1.29 is 9.47 Å². The Morgan fingerprint density at radius 1 is 1.19 bits per heavy atom. The maximum Gasteiger partial charge on any atom is 0.247 e. The summed E-state index contributed by atoms with van der Waals surface area (Å²) in [5.41, 5.74) is 3.40. The summed E-state index contributed by atoms with van der Waals surface area (Å²) in [6, 6.07) is 15.6. The van der Waals surface area contributed by atoms with E-state index in [-0.39, 0.29) is 0 Å². The van der Waals surface area contributed by atoms with Crippen LogP contribution in [0.1, 0.15) is 11.8 Å². The lowest BCUT2D eigenvalue weighted by molar-refractivity contribution is 0.225. The van der Waals surface area contributed by atoms with E-state index in [1.807, 2.05) is 48.5 Å². The molecule has 4 rings (SSSR count). The van der Waals surface area contributed by atoms with Crippen molar-refractivity contribution in [3.8, 4) is 22.9 Å². The minimum Gasteiger partial charge on any atom is -0.497 e. The highest BCUT2D eigenvalue weighted by Gasteiger charge is 2.25. The van der Waals surface area contributed by atoms with Crippen molar-refractivity contribution in [2.45, 2.75) is 11.4 Å². The van der Waals surface area contributed by atoms with Gasteiger partial charge in [-0.3, -0.25) is 0 Å². The summed E-state index contributed by atoms with van der Waals surface area (Å²) in [4.78, 5) is 4.57. The van der Waals surface area contributed by atoms with Gasteiger partial charge in [0.15, 0.2) is 11.9 Å². The highest BCUT2D eigenvalue weighted by molar-refractivity contribution is 7.99. The summed E-state index contributed by atoms with van der Waals surface area (Å²) >= 11 is 1.46. The lowest BCUT2D eigenvalue weighted by Crippen LogP contribution is -2.17. The second kappa shape index (κ2) is 7.67. The number of para-hydroxylation sites is 1. The van der Waals surface area contributed by atoms with Gasteiger partial charge in [0.2, 0.25) is 11.0 Å². The molecule has 2 heterocycles. The molecule has 0 aliphatic carbocycles. The summed E-state index contributed by atoms with van der Waals surface area (Å²) in [5.74, 6) is 1.95. The van der Waals surface area contributed by atoms with E-state index in [1.54, 1.807) is 13.2 Å². The standard InChI is InChI=1S/C20H18N4O2S/c1-3-12-27-20-22-19-17(23-24-20)15-6-4-5-7-16(15)21-18(26-19)13-8-10-14(25-2)11-9-13/h3-11,18,21H,1,12H2,2H3. The molecule has 6 nitrogen and oxygen atoms in total. The maximum atomic E-state index is 6.21. The molecule has 1 aromatic heterocycles. The number of methoxy groups -OCH3 is 1. The lowest BCUT2D eigenvalue weighted by Gasteiger charge is -2.19. The zero-order valence-electron chi connectivity index (χ0n) is 14.8. The Labute approximate surface area is 161 Å². The number of hydrogen-bond acceptors (Lipinski definition) is 7. The van der Waals surface area contributed by atoms with Crippen molar-refractivity contribution in [3.05, 3.63) is 66.7 Å². The van der Waals surface area contributed by atoms with E-state index < -0.39 is 6.23 Å². The third-order valence-electron chi connectivity index (χ3n) is 4.08. The Morgan fingerprint density at radius 3 is 2.78 bits per heavy atom. The van der Waals surface area contributed by atoms with Gasteiger partial charge in [0, 0.05) is 22.6 Å². The SMILES string of the molecule is C=CCSc1nnc2c(n1)OC(c1ccc(OC)cc1)Nc1ccccc1-2. The molecule has 0 radical (unpaired) electrons. The molecule has 1 atom stereocenters. The predicted octanol–water partition coefficient (Wildman–Crippen LogP) is 4.33. The molecule has 7 heteroatoms. The average Bonchev–Trinajstić information content (AvgIpc) is 2.88. The third kappa shape index (κ3) is 3.59. The van der Waals surface area contributed by atoms with Gasteiger partial charge in [0.05, 0.1) is 7.11 Å². The number of hydrogen-bond donors (Lipinski definition) is 1. The Morgan fingerprint density at radius 2 is 2.00 bits per heavy atom. The first-order valence-electron chi connectivity index (χ1n) is 8.43. The van der Waals surface area contributed by atoms with Gasteiger partial charge in [0.25, 0.3) is 0 Å². The van der Waals surface area contributed by atoms with Gasteiger partial charge < -0.3 is 14.8 Å². The van der Waals surface area contributed by atoms with Crippen LogP contribution in [-0.2, 0) is 0 Å². The van der Waals surface area contributed by atoms with Crippen LogP contribution in [0.4, 0.5) is 5.69 Å². The molecule has 1 aliphatic heterocycles. The summed E-state index contributed by atoms with van der Waals surface area (Å²) in [6.45, 7) is 3.73. The molecular weight excluding hydrogens is 360 g/mol. The van der Waals surface area contributed by atoms with Crippen molar-refractivity contribution >= 4 is 17.4 Å². The molecule has 0 bridgehead atoms. The molecule has 2 aromatic carbocycles. The van der Waals surface area contributed by atoms with Crippen molar-refractivity contribution in [3.63, 3.8) is 0 Å². The van der Waals surface area contributed by atoms with Crippen LogP contribution in [0.3, 0.4) is 0 Å². The predicted molar refractivity (Wildman–Crippen MR) is 106 cm³/mol. The molecule has 0 saturated heterocycles. The molecule has 0 saturated carbocycles. The Kier molecular flexibility index (Phi) is 4.93. The number of nitrogens with one attached hydrogen (secondary N) is 1. The van der Waals surface area contributed by atoms with Crippen LogP contribution in [-0.4, -0.2) is 28.0 Å². The van der Waals surface area contributed by atoms with Crippen molar-refractivity contribution in [2.24, 2.45) is 0 Å². The quantitative estimate of drug-likeness (QED) is 0.523. The summed E-state index contributed by atoms with van der Waals surface area (Å²) in [6.07, 6.45) is 1.39. The van der Waals surface area contributed by atoms with E-state index in [0.717, 1.165) is 22.6 Å². The van der Waals surface area contributed by atoms with E-state index in [9.17, 15) is 0 Å². The smallest absolute Gasteiger partial charge is 0.247 e. The summed E-state index contributed by atoms with van der Waals surface area (Å²) < 4.78 is 11.5. The number of thioether (sulfide) groups is 1. The third-order valence-corrected chi connectivity index (χ3v) is 4.92. The number of aromatic nitrogens is 3. The summed E-state index contributed by atoms with van der Waals surface area (Å²) in [5, 5.41) is 12.6. The van der Waals surface area contributed by atoms with Crippen LogP contribution < -0.4 is 14.8 Å². The number of ether oxygens (including phenoxy) is 2. The monoisotopic (exact) mass is 378 g/mol. The topological polar surface area (TPSA) is 69.2 Å². The van der Waals surface area contributed by atoms with Crippen LogP contribution in [0.5, 0.6) is 11.6 Å². The van der Waals surface area contributed by atoms with E-state index in [4.69, 9.17) is 9.47 Å². The van der Waals surface area contributed by atoms with Crippen LogP contribution in [0.2, 0.25) is 0 Å². The molecule has 3 aromatic rings. The highest BCUT2D eigenvalue weighted by atomic mass is 32.2. The number of rotatable bonds is 5. The van der Waals surface area contributed by atoms with E-state index in [1.165, 1.54) is 11.8 Å². The van der Waals surface area contributed by atoms with Gasteiger partial charge >= 0.3 is 0 Å². The normalized spacial score (nSPS) is 14.8. The number of anilines is 1. The van der Waals surface area contributed by atoms with Crippen molar-refractivity contribution in [1.29, 1.82) is 0 Å². The zero-order chi connectivity index (χ0) is 18.6. The zero-order valence-corrected chi connectivity index (χ0v) is 15.6. The lowest BCUT2D eigenvalue weighted by atomic mass is 10.1. The molecule has 1 aliphatic rings. The van der Waals surface area contributed by atoms with E-state index in [0.29, 0.717) is 22.5 Å². The van der Waals surface area contributed by atoms with Crippen molar-refractivity contribution in [1.82, 2.24) is 15.2 Å². The van der Waals surface area contributed by atoms with Crippen LogP contribution in [0.15, 0.2) is 66.3 Å². The fourth-order valence-electron chi connectivity index (χ4n) is 2.77. The molecule has 27 heavy (non-hydrogen) atoms. The second-order valence-electron chi connectivity index (χ2n) is 5.81. The summed E-state index contributed by atoms with van der Waals surface area (Å²) in [7, 11) is 1.65. The van der Waals surface area contributed by atoms with Gasteiger partial charge in [-0.15, -0.1) is 16.8 Å². The molecule has 0 spiro atoms. The molecule has 1 N–H and O–H groups in total. The van der Waals surface area contributed by atoms with E-state index in [2.05, 4.69) is 27.1 Å². The fourth-order valence-corrected chi connectivity index (χ4v) is 3.28. The van der Waals surface area contributed by atoms with Gasteiger partial charge in [-0.2, -0.15) is 4.98 Å². The van der Waals surface area contributed by atoms with Crippen LogP contribution in [0, 0.1) is 0 Å². The van der Waals surface area contributed by atoms with Gasteiger partial charge in [-0.1, -0.05) is 36.0 Å². The molecule has 0 fully saturated rings. The Bertz CT molecular complexity index is 962. The highest BCUT2D eigenvalue weighted by Crippen LogP contribution is 2.39. The molecule has 1 unspecified atom stereocenters. The van der Waals surface area contributed by atoms with Crippen LogP contribution >= 0.6 is 11.8 Å². The second-order valence-corrected chi connectivity index (χ2v) is 6.80. The fraction of sp³-hybridized carbons (Fsp3) is 0.150. The number of fused-ring (bicyclic) bond motifs is 3. The largest absolute Gasteiger partial charge is 0.497 e. The van der Waals surface area contributed by atoms with Gasteiger partial charge in [0.1, 0.15) is 5.75 Å². The number of nitrogens with zero attached hydrogens (tertiary/aromatic N) is 3. The minimum atomic E-state index is -0.410. The maximum absolute atomic E-state index is 6.21. The molecule has 136 valence electrons. The first kappa shape index (κ1) is 17.4. The van der Waals surface area contributed by atoms with Gasteiger partial charge in [-0.25, -0.2) is 0 Å². The Balaban J connectivity index is 1.76. The average molecular weight is 378 g/mol. The number of benzene rings is 2. The minimum absolute atomic E-state index is 0.410. The van der Waals surface area contributed by atoms with Crippen LogP contribution in [0.25, 0.3) is 11.3 Å². The molecular formula is C20H18N4O2S. The first-order chi connectivity index (χ1) is 13.3. The first-order valence-corrected chi connectivity index (χ1v) is 9.42. The van der Waals surface area contributed by atoms with E-state index >= 15 is 0 Å². The van der Waals surface area contributed by atoms with Gasteiger partial charge in [-0.05, 0) is 30.3 Å². The van der Waals surface area contributed by atoms with Crippen molar-refractivity contribution in [2.75, 3.05) is 18.2 Å².